The predicted molar refractivity (Wildman–Crippen MR) is 137 cm³/mol. The van der Waals surface area contributed by atoms with Crippen LogP contribution < -0.4 is 10.2 Å². The summed E-state index contributed by atoms with van der Waals surface area (Å²) in [6.07, 6.45) is 0. The number of benzene rings is 3. The van der Waals surface area contributed by atoms with Crippen molar-refractivity contribution in [1.29, 1.82) is 0 Å². The quantitative estimate of drug-likeness (QED) is 0.537. The monoisotopic (exact) mass is 497 g/mol. The normalized spacial score (nSPS) is 14.8. The van der Waals surface area contributed by atoms with E-state index in [1.807, 2.05) is 63.2 Å². The Kier molecular flexibility index (Phi) is 6.98. The minimum Gasteiger partial charge on any atom is -0.369 e. The number of carbonyl (C=O) groups excluding carboxylic acids is 1. The van der Waals surface area contributed by atoms with Crippen molar-refractivity contribution in [3.05, 3.63) is 87.9 Å². The number of aryl methyl sites for hydroxylation is 3. The Morgan fingerprint density at radius 1 is 0.882 bits per heavy atom. The number of amides is 1. The molecule has 1 aliphatic heterocycles. The van der Waals surface area contributed by atoms with Gasteiger partial charge in [-0.05, 0) is 62.2 Å². The van der Waals surface area contributed by atoms with E-state index in [0.29, 0.717) is 31.9 Å². The largest absolute Gasteiger partial charge is 0.369 e. The molecule has 0 saturated carbocycles. The van der Waals surface area contributed by atoms with Gasteiger partial charge < -0.3 is 10.2 Å². The van der Waals surface area contributed by atoms with E-state index in [1.54, 1.807) is 0 Å². The fraction of sp³-hybridized carbons (Fsp3) is 0.269. The van der Waals surface area contributed by atoms with Crippen LogP contribution in [0.5, 0.6) is 0 Å². The predicted octanol–water partition coefficient (Wildman–Crippen LogP) is 5.03. The van der Waals surface area contributed by atoms with Crippen LogP contribution in [0.2, 0.25) is 5.02 Å². The first kappa shape index (κ1) is 24.3. The van der Waals surface area contributed by atoms with Gasteiger partial charge in [0.05, 0.1) is 15.5 Å². The van der Waals surface area contributed by atoms with Crippen molar-refractivity contribution in [3.8, 4) is 0 Å². The van der Waals surface area contributed by atoms with Gasteiger partial charge in [-0.1, -0.05) is 47.5 Å². The van der Waals surface area contributed by atoms with Crippen LogP contribution in [0.15, 0.2) is 65.6 Å². The zero-order valence-electron chi connectivity index (χ0n) is 19.5. The average Bonchev–Trinajstić information content (AvgIpc) is 2.82. The minimum atomic E-state index is -3.77. The van der Waals surface area contributed by atoms with Crippen molar-refractivity contribution in [2.75, 3.05) is 36.4 Å². The molecule has 0 aliphatic carbocycles. The van der Waals surface area contributed by atoms with Crippen molar-refractivity contribution < 1.29 is 13.2 Å². The summed E-state index contributed by atoms with van der Waals surface area (Å²) < 4.78 is 28.2. The summed E-state index contributed by atoms with van der Waals surface area (Å²) in [6.45, 7) is 7.76. The van der Waals surface area contributed by atoms with Crippen molar-refractivity contribution >= 4 is 38.9 Å². The van der Waals surface area contributed by atoms with Crippen LogP contribution in [0.3, 0.4) is 0 Å². The molecule has 0 radical (unpaired) electrons. The maximum atomic E-state index is 13.4. The molecule has 0 atom stereocenters. The number of para-hydroxylation sites is 1. The lowest BCUT2D eigenvalue weighted by molar-refractivity contribution is 0.102. The Hall–Kier alpha value is -2.87. The second-order valence-corrected chi connectivity index (χ2v) is 10.9. The maximum Gasteiger partial charge on any atom is 0.257 e. The number of hydrogen-bond donors (Lipinski definition) is 1. The molecule has 1 saturated heterocycles. The van der Waals surface area contributed by atoms with Gasteiger partial charge in [0.1, 0.15) is 0 Å². The van der Waals surface area contributed by atoms with E-state index in [2.05, 4.69) is 10.2 Å². The number of sulfonamides is 1. The zero-order valence-corrected chi connectivity index (χ0v) is 21.1. The second kappa shape index (κ2) is 9.78. The molecule has 1 aliphatic rings. The highest BCUT2D eigenvalue weighted by molar-refractivity contribution is 7.89. The Labute approximate surface area is 206 Å². The summed E-state index contributed by atoms with van der Waals surface area (Å²) in [5, 5.41) is 3.11. The van der Waals surface area contributed by atoms with Crippen LogP contribution in [0, 0.1) is 20.8 Å². The Morgan fingerprint density at radius 3 is 2.12 bits per heavy atom. The van der Waals surface area contributed by atoms with Gasteiger partial charge in [-0.2, -0.15) is 4.31 Å². The van der Waals surface area contributed by atoms with Gasteiger partial charge in [0, 0.05) is 37.6 Å². The van der Waals surface area contributed by atoms with E-state index in [1.165, 1.54) is 22.5 Å². The molecule has 1 fully saturated rings. The van der Waals surface area contributed by atoms with Gasteiger partial charge in [0.15, 0.2) is 0 Å². The van der Waals surface area contributed by atoms with Gasteiger partial charge in [-0.3, -0.25) is 4.79 Å². The highest BCUT2D eigenvalue weighted by Gasteiger charge is 2.29. The lowest BCUT2D eigenvalue weighted by Crippen LogP contribution is -2.48. The molecule has 1 N–H and O–H groups in total. The first-order chi connectivity index (χ1) is 16.2. The third-order valence-electron chi connectivity index (χ3n) is 6.10. The fourth-order valence-electron chi connectivity index (χ4n) is 4.37. The van der Waals surface area contributed by atoms with Crippen LogP contribution in [-0.2, 0) is 10.0 Å². The third-order valence-corrected chi connectivity index (χ3v) is 8.32. The molecular formula is C26H28ClN3O3S. The number of nitrogens with one attached hydrogen (secondary N) is 1. The summed E-state index contributed by atoms with van der Waals surface area (Å²) in [5.41, 5.74) is 4.88. The fourth-order valence-corrected chi connectivity index (χ4v) is 6.02. The van der Waals surface area contributed by atoms with E-state index in [9.17, 15) is 13.2 Å². The van der Waals surface area contributed by atoms with Gasteiger partial charge in [0.2, 0.25) is 10.0 Å². The van der Waals surface area contributed by atoms with E-state index in [-0.39, 0.29) is 15.5 Å². The van der Waals surface area contributed by atoms with Crippen LogP contribution in [0.4, 0.5) is 11.4 Å². The first-order valence-electron chi connectivity index (χ1n) is 11.2. The highest BCUT2D eigenvalue weighted by Crippen LogP contribution is 2.27. The number of hydrogen-bond acceptors (Lipinski definition) is 4. The molecule has 1 amide bonds. The lowest BCUT2D eigenvalue weighted by atomic mass is 10.0. The second-order valence-electron chi connectivity index (χ2n) is 8.60. The highest BCUT2D eigenvalue weighted by atomic mass is 35.5. The first-order valence-corrected chi connectivity index (χ1v) is 13.0. The summed E-state index contributed by atoms with van der Waals surface area (Å²) in [7, 11) is -3.77. The molecule has 3 aromatic rings. The lowest BCUT2D eigenvalue weighted by Gasteiger charge is -2.35. The standard InChI is InChI=1S/C26H28ClN3O3S/c1-18-15-19(2)25(20(3)16-18)28-26(31)23-17-22(9-10-24(23)27)34(32,33)30-13-11-29(12-14-30)21-7-5-4-6-8-21/h4-10,15-17H,11-14H2,1-3H3,(H,28,31). The number of anilines is 2. The van der Waals surface area contributed by atoms with Crippen molar-refractivity contribution in [2.24, 2.45) is 0 Å². The Balaban J connectivity index is 1.54. The van der Waals surface area contributed by atoms with E-state index >= 15 is 0 Å². The molecule has 0 aromatic heterocycles. The molecule has 0 spiro atoms. The summed E-state index contributed by atoms with van der Waals surface area (Å²) >= 11 is 6.31. The maximum absolute atomic E-state index is 13.4. The number of halogens is 1. The van der Waals surface area contributed by atoms with Gasteiger partial charge in [-0.15, -0.1) is 0 Å². The van der Waals surface area contributed by atoms with Gasteiger partial charge >= 0.3 is 0 Å². The smallest absolute Gasteiger partial charge is 0.257 e. The van der Waals surface area contributed by atoms with Crippen LogP contribution in [-0.4, -0.2) is 44.8 Å². The molecule has 6 nitrogen and oxygen atoms in total. The third kappa shape index (κ3) is 4.97. The van der Waals surface area contributed by atoms with Gasteiger partial charge in [0.25, 0.3) is 5.91 Å². The molecule has 178 valence electrons. The van der Waals surface area contributed by atoms with Crippen LogP contribution in [0.25, 0.3) is 0 Å². The van der Waals surface area contributed by atoms with E-state index < -0.39 is 15.9 Å². The number of nitrogens with zero attached hydrogens (tertiary/aromatic N) is 2. The number of rotatable bonds is 5. The number of piperazine rings is 1. The summed E-state index contributed by atoms with van der Waals surface area (Å²) in [4.78, 5) is 15.3. The summed E-state index contributed by atoms with van der Waals surface area (Å²) in [6, 6.07) is 18.2. The molecule has 3 aromatic carbocycles. The molecule has 8 heteroatoms. The Bertz CT molecular complexity index is 1300. The average molecular weight is 498 g/mol. The minimum absolute atomic E-state index is 0.0626. The molecule has 4 rings (SSSR count). The van der Waals surface area contributed by atoms with E-state index in [0.717, 1.165) is 22.4 Å². The van der Waals surface area contributed by atoms with Crippen LogP contribution >= 0.6 is 11.6 Å². The molecular weight excluding hydrogens is 470 g/mol. The zero-order chi connectivity index (χ0) is 24.5. The van der Waals surface area contributed by atoms with Crippen molar-refractivity contribution in [2.45, 2.75) is 25.7 Å². The van der Waals surface area contributed by atoms with Crippen LogP contribution in [0.1, 0.15) is 27.0 Å². The SMILES string of the molecule is Cc1cc(C)c(NC(=O)c2cc(S(=O)(=O)N3CCN(c4ccccc4)CC3)ccc2Cl)c(C)c1. The van der Waals surface area contributed by atoms with E-state index in [4.69, 9.17) is 11.6 Å². The number of carbonyl (C=O) groups is 1. The van der Waals surface area contributed by atoms with Crippen molar-refractivity contribution in [3.63, 3.8) is 0 Å². The molecule has 1 heterocycles. The Morgan fingerprint density at radius 2 is 1.50 bits per heavy atom. The van der Waals surface area contributed by atoms with Gasteiger partial charge in [-0.25, -0.2) is 8.42 Å². The van der Waals surface area contributed by atoms with Crippen molar-refractivity contribution in [1.82, 2.24) is 4.31 Å². The summed E-state index contributed by atoms with van der Waals surface area (Å²) in [5.74, 6) is -0.439. The topological polar surface area (TPSA) is 69.7 Å². The molecule has 0 bridgehead atoms. The molecule has 34 heavy (non-hydrogen) atoms. The molecule has 0 unspecified atom stereocenters.